The standard InChI is InChI=1S/C12H14N2O5/c1-12(11(18)14-19,8-5-3-2-4-6-8)10(17)13-7-9(15)16/h2-6,19H,7H2,1H3,(H,13,17)(H,14,18)(H,15,16). The number of benzene rings is 1. The first-order valence-electron chi connectivity index (χ1n) is 5.43. The number of carbonyl (C=O) groups is 3. The van der Waals surface area contributed by atoms with Gasteiger partial charge in [0, 0.05) is 0 Å². The van der Waals surface area contributed by atoms with Crippen molar-refractivity contribution in [1.82, 2.24) is 10.8 Å². The van der Waals surface area contributed by atoms with Gasteiger partial charge in [0.1, 0.15) is 6.54 Å². The summed E-state index contributed by atoms with van der Waals surface area (Å²) in [5.41, 5.74) is 0.0460. The Balaban J connectivity index is 3.10. The highest BCUT2D eigenvalue weighted by Crippen LogP contribution is 2.24. The molecule has 0 bridgehead atoms. The maximum atomic E-state index is 12.0. The zero-order chi connectivity index (χ0) is 14.5. The van der Waals surface area contributed by atoms with Crippen molar-refractivity contribution >= 4 is 17.8 Å². The molecule has 0 spiro atoms. The van der Waals surface area contributed by atoms with Gasteiger partial charge in [-0.2, -0.15) is 0 Å². The van der Waals surface area contributed by atoms with Crippen LogP contribution in [0.1, 0.15) is 12.5 Å². The maximum Gasteiger partial charge on any atom is 0.322 e. The van der Waals surface area contributed by atoms with Crippen LogP contribution in [-0.4, -0.2) is 34.6 Å². The first-order chi connectivity index (χ1) is 8.92. The summed E-state index contributed by atoms with van der Waals surface area (Å²) in [7, 11) is 0. The van der Waals surface area contributed by atoms with Gasteiger partial charge in [-0.3, -0.25) is 19.6 Å². The molecule has 0 radical (unpaired) electrons. The molecule has 0 saturated heterocycles. The van der Waals surface area contributed by atoms with Crippen LogP contribution >= 0.6 is 0 Å². The van der Waals surface area contributed by atoms with Gasteiger partial charge in [-0.15, -0.1) is 0 Å². The molecule has 1 unspecified atom stereocenters. The zero-order valence-electron chi connectivity index (χ0n) is 10.2. The van der Waals surface area contributed by atoms with Crippen molar-refractivity contribution in [3.63, 3.8) is 0 Å². The zero-order valence-corrected chi connectivity index (χ0v) is 10.2. The van der Waals surface area contributed by atoms with Crippen molar-refractivity contribution in [2.24, 2.45) is 0 Å². The van der Waals surface area contributed by atoms with Gasteiger partial charge in [0.25, 0.3) is 5.91 Å². The number of hydrogen-bond donors (Lipinski definition) is 4. The van der Waals surface area contributed by atoms with Crippen LogP contribution in [0.3, 0.4) is 0 Å². The minimum Gasteiger partial charge on any atom is -0.480 e. The lowest BCUT2D eigenvalue weighted by atomic mass is 9.80. The number of hydroxylamine groups is 1. The molecule has 4 N–H and O–H groups in total. The number of carboxylic acid groups (broad SMARTS) is 1. The second-order valence-electron chi connectivity index (χ2n) is 4.01. The van der Waals surface area contributed by atoms with Crippen molar-refractivity contribution < 1.29 is 24.7 Å². The molecule has 0 fully saturated rings. The summed E-state index contributed by atoms with van der Waals surface area (Å²) in [6.07, 6.45) is 0. The fourth-order valence-electron chi connectivity index (χ4n) is 1.58. The van der Waals surface area contributed by atoms with E-state index in [1.165, 1.54) is 24.5 Å². The Morgan fingerprint density at radius 3 is 2.21 bits per heavy atom. The van der Waals surface area contributed by atoms with Crippen LogP contribution < -0.4 is 10.8 Å². The molecule has 0 aliphatic carbocycles. The molecule has 0 aliphatic rings. The lowest BCUT2D eigenvalue weighted by Gasteiger charge is -2.26. The monoisotopic (exact) mass is 266 g/mol. The summed E-state index contributed by atoms with van der Waals surface area (Å²) >= 11 is 0. The van der Waals surface area contributed by atoms with E-state index >= 15 is 0 Å². The second kappa shape index (κ2) is 5.96. The highest BCUT2D eigenvalue weighted by Gasteiger charge is 2.42. The van der Waals surface area contributed by atoms with Crippen LogP contribution in [0.2, 0.25) is 0 Å². The molecule has 102 valence electrons. The maximum absolute atomic E-state index is 12.0. The Bertz CT molecular complexity index is 488. The normalized spacial score (nSPS) is 13.2. The molecule has 1 aromatic carbocycles. The lowest BCUT2D eigenvalue weighted by molar-refractivity contribution is -0.145. The lowest BCUT2D eigenvalue weighted by Crippen LogP contribution is -2.53. The molecular formula is C12H14N2O5. The Hall–Kier alpha value is -2.41. The summed E-state index contributed by atoms with van der Waals surface area (Å²) in [5, 5.41) is 19.4. The van der Waals surface area contributed by atoms with E-state index in [2.05, 4.69) is 5.32 Å². The van der Waals surface area contributed by atoms with Crippen LogP contribution in [0.4, 0.5) is 0 Å². The molecule has 7 heteroatoms. The second-order valence-corrected chi connectivity index (χ2v) is 4.01. The number of hydrogen-bond acceptors (Lipinski definition) is 4. The van der Waals surface area contributed by atoms with Gasteiger partial charge in [0.15, 0.2) is 5.41 Å². The summed E-state index contributed by atoms with van der Waals surface area (Å²) in [6.45, 7) is 0.686. The van der Waals surface area contributed by atoms with Crippen LogP contribution in [0, 0.1) is 0 Å². The Kier molecular flexibility index (Phi) is 4.60. The SMILES string of the molecule is CC(C(=O)NO)(C(=O)NCC(=O)O)c1ccccc1. The third-order valence-corrected chi connectivity index (χ3v) is 2.76. The first-order valence-corrected chi connectivity index (χ1v) is 5.43. The highest BCUT2D eigenvalue weighted by atomic mass is 16.5. The molecule has 0 heterocycles. The van der Waals surface area contributed by atoms with Crippen molar-refractivity contribution in [2.75, 3.05) is 6.54 Å². The van der Waals surface area contributed by atoms with Gasteiger partial charge in [-0.25, -0.2) is 5.48 Å². The van der Waals surface area contributed by atoms with E-state index in [-0.39, 0.29) is 0 Å². The van der Waals surface area contributed by atoms with Gasteiger partial charge in [0.2, 0.25) is 5.91 Å². The number of carbonyl (C=O) groups excluding carboxylic acids is 2. The minimum absolute atomic E-state index is 0.337. The molecule has 1 atom stereocenters. The molecule has 0 aliphatic heterocycles. The largest absolute Gasteiger partial charge is 0.480 e. The molecular weight excluding hydrogens is 252 g/mol. The van der Waals surface area contributed by atoms with E-state index in [1.54, 1.807) is 18.2 Å². The summed E-state index contributed by atoms with van der Waals surface area (Å²) in [5.74, 6) is -2.98. The summed E-state index contributed by atoms with van der Waals surface area (Å²) < 4.78 is 0. The Labute approximate surface area is 109 Å². The van der Waals surface area contributed by atoms with Crippen LogP contribution in [-0.2, 0) is 19.8 Å². The van der Waals surface area contributed by atoms with Gasteiger partial charge in [-0.05, 0) is 12.5 Å². The average molecular weight is 266 g/mol. The predicted molar refractivity (Wildman–Crippen MR) is 64.4 cm³/mol. The first kappa shape index (κ1) is 14.7. The van der Waals surface area contributed by atoms with Crippen molar-refractivity contribution in [1.29, 1.82) is 0 Å². The third kappa shape index (κ3) is 3.08. The topological polar surface area (TPSA) is 116 Å². The average Bonchev–Trinajstić information content (AvgIpc) is 2.43. The summed E-state index contributed by atoms with van der Waals surface area (Å²) in [4.78, 5) is 34.2. The van der Waals surface area contributed by atoms with E-state index < -0.39 is 29.7 Å². The van der Waals surface area contributed by atoms with Gasteiger partial charge < -0.3 is 10.4 Å². The summed E-state index contributed by atoms with van der Waals surface area (Å²) in [6, 6.07) is 8.03. The molecule has 2 amide bonds. The van der Waals surface area contributed by atoms with E-state index in [0.29, 0.717) is 5.56 Å². The number of amides is 2. The number of carboxylic acids is 1. The van der Waals surface area contributed by atoms with Crippen molar-refractivity contribution in [3.05, 3.63) is 35.9 Å². The molecule has 1 rings (SSSR count). The van der Waals surface area contributed by atoms with E-state index in [0.717, 1.165) is 0 Å². The van der Waals surface area contributed by atoms with E-state index in [4.69, 9.17) is 10.3 Å². The minimum atomic E-state index is -1.72. The fourth-order valence-corrected chi connectivity index (χ4v) is 1.58. The predicted octanol–water partition coefficient (Wildman–Crippen LogP) is -0.349. The molecule has 19 heavy (non-hydrogen) atoms. The van der Waals surface area contributed by atoms with Crippen molar-refractivity contribution in [2.45, 2.75) is 12.3 Å². The van der Waals surface area contributed by atoms with Crippen LogP contribution in [0.15, 0.2) is 30.3 Å². The van der Waals surface area contributed by atoms with Gasteiger partial charge in [0.05, 0.1) is 0 Å². The Morgan fingerprint density at radius 1 is 1.16 bits per heavy atom. The van der Waals surface area contributed by atoms with Crippen LogP contribution in [0.25, 0.3) is 0 Å². The van der Waals surface area contributed by atoms with Gasteiger partial charge >= 0.3 is 5.97 Å². The smallest absolute Gasteiger partial charge is 0.322 e. The Morgan fingerprint density at radius 2 is 1.74 bits per heavy atom. The molecule has 0 aromatic heterocycles. The molecule has 1 aromatic rings. The fraction of sp³-hybridized carbons (Fsp3) is 0.250. The quantitative estimate of drug-likeness (QED) is 0.330. The van der Waals surface area contributed by atoms with Crippen LogP contribution in [0.5, 0.6) is 0 Å². The van der Waals surface area contributed by atoms with E-state index in [1.807, 2.05) is 0 Å². The number of aliphatic carboxylic acids is 1. The third-order valence-electron chi connectivity index (χ3n) is 2.76. The highest BCUT2D eigenvalue weighted by molar-refractivity contribution is 6.10. The number of nitrogens with one attached hydrogen (secondary N) is 2. The molecule has 7 nitrogen and oxygen atoms in total. The van der Waals surface area contributed by atoms with Gasteiger partial charge in [-0.1, -0.05) is 30.3 Å². The molecule has 0 saturated carbocycles. The number of rotatable bonds is 5. The van der Waals surface area contributed by atoms with E-state index in [9.17, 15) is 14.4 Å². The van der Waals surface area contributed by atoms with Crippen molar-refractivity contribution in [3.8, 4) is 0 Å².